The number of rotatable bonds is 0. The first-order valence-corrected chi connectivity index (χ1v) is 10.1. The van der Waals surface area contributed by atoms with Crippen LogP contribution >= 0.6 is 0 Å². The van der Waals surface area contributed by atoms with Crippen molar-refractivity contribution in [3.8, 4) is 0 Å². The van der Waals surface area contributed by atoms with Gasteiger partial charge in [0, 0.05) is 6.42 Å². The molecule has 0 aromatic carbocycles. The van der Waals surface area contributed by atoms with E-state index in [1.807, 2.05) is 0 Å². The van der Waals surface area contributed by atoms with Crippen molar-refractivity contribution in [2.24, 2.45) is 0 Å². The molecule has 0 aliphatic carbocycles. The third-order valence-electron chi connectivity index (χ3n) is 1.64. The summed E-state index contributed by atoms with van der Waals surface area (Å²) >= 11 is 0. The van der Waals surface area contributed by atoms with Gasteiger partial charge in [-0.3, -0.25) is 4.79 Å². The van der Waals surface area contributed by atoms with Gasteiger partial charge in [0.15, 0.2) is 30.4 Å². The third kappa shape index (κ3) is 19.5. The maximum absolute atomic E-state index is 10.7. The summed E-state index contributed by atoms with van der Waals surface area (Å²) in [5.41, 5.74) is -16.9. The Morgan fingerprint density at radius 3 is 0.871 bits per heavy atom. The summed E-state index contributed by atoms with van der Waals surface area (Å²) in [4.78, 5) is 10.0. The van der Waals surface area contributed by atoms with E-state index in [4.69, 9.17) is 38.9 Å². The van der Waals surface area contributed by atoms with E-state index in [2.05, 4.69) is 4.74 Å². The van der Waals surface area contributed by atoms with Crippen LogP contribution in [0, 0.1) is 0 Å². The van der Waals surface area contributed by atoms with Gasteiger partial charge in [-0.25, -0.2) is 25.3 Å². The Labute approximate surface area is 177 Å². The van der Waals surface area contributed by atoms with Gasteiger partial charge in [0.2, 0.25) is 0 Å². The van der Waals surface area contributed by atoms with Gasteiger partial charge in [0.1, 0.15) is 0 Å². The minimum absolute atomic E-state index is 0. The van der Waals surface area contributed by atoms with E-state index in [0.717, 1.165) is 6.42 Å². The molecule has 0 atom stereocenters. The number of carbonyl (C=O) groups excluding carboxylic acids is 1. The molecule has 31 heavy (non-hydrogen) atoms. The van der Waals surface area contributed by atoms with Crippen LogP contribution in [0.15, 0.2) is 0 Å². The summed E-state index contributed by atoms with van der Waals surface area (Å²) in [5, 5.41) is 0. The summed E-state index contributed by atoms with van der Waals surface area (Å²) in [7, 11) is -18.3. The molecule has 1 aliphatic heterocycles. The van der Waals surface area contributed by atoms with Crippen LogP contribution in [0.3, 0.4) is 0 Å². The van der Waals surface area contributed by atoms with E-state index in [9.17, 15) is 44.3 Å². The van der Waals surface area contributed by atoms with Crippen LogP contribution in [-0.4, -0.2) is 85.4 Å². The molecule has 0 aromatic heterocycles. The fourth-order valence-corrected chi connectivity index (χ4v) is 0.475. The smallest absolute Gasteiger partial charge is 0.741 e. The third-order valence-corrected chi connectivity index (χ3v) is 3.34. The molecular formula is C7H6AlF9O11S3. The van der Waals surface area contributed by atoms with Gasteiger partial charge in [-0.15, -0.1) is 0 Å². The van der Waals surface area contributed by atoms with Crippen LogP contribution in [0.5, 0.6) is 0 Å². The molecule has 0 bridgehead atoms. The van der Waals surface area contributed by atoms with Crippen LogP contribution in [0.4, 0.5) is 39.5 Å². The summed E-state index contributed by atoms with van der Waals surface area (Å²) in [6, 6.07) is 0. The molecular weight excluding hydrogens is 554 g/mol. The van der Waals surface area contributed by atoms with Gasteiger partial charge >= 0.3 is 39.9 Å². The number of ether oxygens (including phenoxy) is 1. The molecule has 11 nitrogen and oxygen atoms in total. The molecule has 0 amide bonds. The predicted octanol–water partition coefficient (Wildman–Crippen LogP) is 0.0968. The molecule has 24 heteroatoms. The van der Waals surface area contributed by atoms with Crippen molar-refractivity contribution in [2.75, 3.05) is 6.61 Å². The van der Waals surface area contributed by atoms with Gasteiger partial charge in [-0.1, -0.05) is 0 Å². The van der Waals surface area contributed by atoms with Crippen molar-refractivity contribution in [2.45, 2.75) is 29.4 Å². The van der Waals surface area contributed by atoms with Gasteiger partial charge in [-0.05, 0) is 6.42 Å². The zero-order chi connectivity index (χ0) is 25.4. The van der Waals surface area contributed by atoms with Crippen LogP contribution in [0.25, 0.3) is 0 Å². The second kappa shape index (κ2) is 13.0. The van der Waals surface area contributed by atoms with Crippen molar-refractivity contribution in [1.29, 1.82) is 0 Å². The van der Waals surface area contributed by atoms with E-state index in [-0.39, 0.29) is 23.3 Å². The summed E-state index contributed by atoms with van der Waals surface area (Å²) in [6.07, 6.45) is 1.54. The number of hydrogen-bond donors (Lipinski definition) is 0. The Hall–Kier alpha value is -0.898. The first-order chi connectivity index (χ1) is 12.6. The Kier molecular flexibility index (Phi) is 15.7. The number of cyclic esters (lactones) is 1. The molecule has 0 radical (unpaired) electrons. The molecule has 1 saturated heterocycles. The second-order valence-electron chi connectivity index (χ2n) is 4.02. The van der Waals surface area contributed by atoms with E-state index < -0.39 is 46.9 Å². The first kappa shape index (κ1) is 37.4. The van der Waals surface area contributed by atoms with Crippen LogP contribution in [0.2, 0.25) is 0 Å². The zero-order valence-electron chi connectivity index (χ0n) is 13.8. The topological polar surface area (TPSA) is 198 Å². The largest absolute Gasteiger partial charge is 3.00 e. The summed E-state index contributed by atoms with van der Waals surface area (Å²) in [5.74, 6) is -0.0463. The van der Waals surface area contributed by atoms with E-state index in [1.165, 1.54) is 0 Å². The maximum Gasteiger partial charge on any atom is 3.00 e. The van der Waals surface area contributed by atoms with Gasteiger partial charge < -0.3 is 18.4 Å². The van der Waals surface area contributed by atoms with Crippen LogP contribution in [0.1, 0.15) is 12.8 Å². The minimum Gasteiger partial charge on any atom is -0.741 e. The second-order valence-corrected chi connectivity index (χ2v) is 8.14. The average molecular weight is 560 g/mol. The number of hydrogen-bond acceptors (Lipinski definition) is 11. The van der Waals surface area contributed by atoms with E-state index in [1.54, 1.807) is 0 Å². The van der Waals surface area contributed by atoms with Crippen LogP contribution < -0.4 is 0 Å². The number of esters is 1. The molecule has 184 valence electrons. The fraction of sp³-hybridized carbons (Fsp3) is 0.857. The molecule has 0 N–H and O–H groups in total. The zero-order valence-corrected chi connectivity index (χ0v) is 17.4. The first-order valence-electron chi connectivity index (χ1n) is 5.86. The van der Waals surface area contributed by atoms with Crippen molar-refractivity contribution in [3.05, 3.63) is 0 Å². The predicted molar refractivity (Wildman–Crippen MR) is 73.2 cm³/mol. The van der Waals surface area contributed by atoms with Gasteiger partial charge in [0.25, 0.3) is 0 Å². The van der Waals surface area contributed by atoms with Crippen molar-refractivity contribution < 1.29 is 88.0 Å². The summed E-state index contributed by atoms with van der Waals surface area (Å²) in [6.45, 7) is 0.638. The molecule has 0 aromatic rings. The Balaban J connectivity index is -0.000000156. The minimum atomic E-state index is -6.09. The Morgan fingerprint density at radius 2 is 0.839 bits per heavy atom. The number of carbonyl (C=O) groups is 1. The molecule has 0 unspecified atom stereocenters. The maximum atomic E-state index is 10.7. The van der Waals surface area contributed by atoms with E-state index in [0.29, 0.717) is 13.0 Å². The van der Waals surface area contributed by atoms with Crippen molar-refractivity contribution in [3.63, 3.8) is 0 Å². The molecule has 1 heterocycles. The fourth-order valence-electron chi connectivity index (χ4n) is 0.475. The average Bonchev–Trinajstić information content (AvgIpc) is 2.84. The Morgan fingerprint density at radius 1 is 0.645 bits per heavy atom. The van der Waals surface area contributed by atoms with E-state index >= 15 is 0 Å². The van der Waals surface area contributed by atoms with Gasteiger partial charge in [-0.2, -0.15) is 39.5 Å². The molecule has 0 spiro atoms. The Bertz CT molecular complexity index is 748. The number of halogens is 9. The standard InChI is InChI=1S/C4H6O2.3CHF3O3S.Al/c5-4-2-1-3-6-4;3*2-1(3,4)8(5,6)7;/h1-3H2;3*(H,5,6,7);/q;;;;+3/p-3. The molecule has 0 saturated carbocycles. The number of alkyl halides is 9. The normalized spacial score (nSPS) is 14.9. The quantitative estimate of drug-likeness (QED) is 0.128. The summed E-state index contributed by atoms with van der Waals surface area (Å²) < 4.78 is 181. The van der Waals surface area contributed by atoms with Gasteiger partial charge in [0.05, 0.1) is 6.61 Å². The molecule has 1 aliphatic rings. The molecule has 1 fully saturated rings. The van der Waals surface area contributed by atoms with Crippen molar-refractivity contribution in [1.82, 2.24) is 0 Å². The monoisotopic (exact) mass is 560 g/mol. The van der Waals surface area contributed by atoms with Crippen LogP contribution in [-0.2, 0) is 39.9 Å². The molecule has 1 rings (SSSR count). The van der Waals surface area contributed by atoms with Crippen molar-refractivity contribution >= 4 is 53.7 Å². The SMILES string of the molecule is O=C1CCCO1.O=S(=O)([O-])C(F)(F)F.O=S(=O)([O-])C(F)(F)F.O=S(=O)([O-])C(F)(F)F.[Al+3].